The number of nitrogens with one attached hydrogen (secondary N) is 2. The van der Waals surface area contributed by atoms with Crippen LogP contribution in [0.25, 0.3) is 0 Å². The Bertz CT molecular complexity index is 630. The third kappa shape index (κ3) is 5.70. The number of hydrogen-bond acceptors (Lipinski definition) is 5. The van der Waals surface area contributed by atoms with Crippen LogP contribution >= 0.6 is 0 Å². The van der Waals surface area contributed by atoms with Crippen LogP contribution in [0.3, 0.4) is 0 Å². The summed E-state index contributed by atoms with van der Waals surface area (Å²) < 4.78 is 17.9. The van der Waals surface area contributed by atoms with Crippen LogP contribution in [0.2, 0.25) is 5.04 Å². The number of ether oxygens (including phenoxy) is 2. The molecule has 2 aliphatic heterocycles. The van der Waals surface area contributed by atoms with Crippen molar-refractivity contribution in [2.45, 2.75) is 64.3 Å². The summed E-state index contributed by atoms with van der Waals surface area (Å²) in [4.78, 5) is 0. The highest BCUT2D eigenvalue weighted by molar-refractivity contribution is 6.31. The topological polar surface area (TPSA) is 51.8 Å². The monoisotopic (exact) mass is 392 g/mol. The summed E-state index contributed by atoms with van der Waals surface area (Å²) in [6.45, 7) is 15.5. The Morgan fingerprint density at radius 2 is 1.89 bits per heavy atom. The van der Waals surface area contributed by atoms with E-state index in [2.05, 4.69) is 57.4 Å². The third-order valence-electron chi connectivity index (χ3n) is 5.43. The van der Waals surface area contributed by atoms with Gasteiger partial charge in [0, 0.05) is 25.0 Å². The van der Waals surface area contributed by atoms with Gasteiger partial charge in [0.05, 0.1) is 5.60 Å². The smallest absolute Gasteiger partial charge is 0.167 e. The van der Waals surface area contributed by atoms with Gasteiger partial charge in [0.25, 0.3) is 0 Å². The van der Waals surface area contributed by atoms with Gasteiger partial charge in [0.15, 0.2) is 21.3 Å². The highest BCUT2D eigenvalue weighted by atomic mass is 28.2. The van der Waals surface area contributed by atoms with Crippen LogP contribution < -0.4 is 20.1 Å². The highest BCUT2D eigenvalue weighted by Gasteiger charge is 2.38. The summed E-state index contributed by atoms with van der Waals surface area (Å²) in [6.07, 6.45) is 1.12. The van der Waals surface area contributed by atoms with E-state index in [0.29, 0.717) is 30.2 Å². The van der Waals surface area contributed by atoms with Gasteiger partial charge < -0.3 is 24.5 Å². The molecule has 0 radical (unpaired) electrons. The molecule has 2 unspecified atom stereocenters. The Hall–Kier alpha value is -1.08. The van der Waals surface area contributed by atoms with E-state index in [1.807, 2.05) is 6.07 Å². The van der Waals surface area contributed by atoms with Gasteiger partial charge in [-0.2, -0.15) is 0 Å². The first-order valence-electron chi connectivity index (χ1n) is 10.2. The maximum atomic E-state index is 6.51. The van der Waals surface area contributed by atoms with Crippen molar-refractivity contribution in [3.8, 4) is 11.5 Å². The lowest BCUT2D eigenvalue weighted by Gasteiger charge is -2.44. The van der Waals surface area contributed by atoms with Crippen molar-refractivity contribution in [1.29, 1.82) is 0 Å². The van der Waals surface area contributed by atoms with Crippen LogP contribution in [0.15, 0.2) is 18.2 Å². The van der Waals surface area contributed by atoms with E-state index < -0.39 is 9.76 Å². The normalized spacial score (nSPS) is 23.7. The van der Waals surface area contributed by atoms with Gasteiger partial charge in [0.2, 0.25) is 0 Å². The summed E-state index contributed by atoms with van der Waals surface area (Å²) in [5, 5.41) is 7.68. The fraction of sp³-hybridized carbons (Fsp3) is 0.714. The molecule has 2 heterocycles. The summed E-state index contributed by atoms with van der Waals surface area (Å²) in [5.74, 6) is 2.17. The van der Waals surface area contributed by atoms with Gasteiger partial charge in [-0.25, -0.2) is 0 Å². The van der Waals surface area contributed by atoms with Gasteiger partial charge in [-0.3, -0.25) is 0 Å². The van der Waals surface area contributed by atoms with Crippen LogP contribution in [-0.4, -0.2) is 47.7 Å². The van der Waals surface area contributed by atoms with Crippen molar-refractivity contribution in [3.63, 3.8) is 0 Å². The van der Waals surface area contributed by atoms with Crippen LogP contribution in [0.1, 0.15) is 46.6 Å². The second-order valence-electron chi connectivity index (χ2n) is 9.52. The average molecular weight is 393 g/mol. The lowest BCUT2D eigenvalue weighted by molar-refractivity contribution is 0.0133. The molecule has 0 aliphatic carbocycles. The number of fused-ring (bicyclic) bond motifs is 1. The van der Waals surface area contributed by atoms with Gasteiger partial charge in [0.1, 0.15) is 13.2 Å². The molecular formula is C21H36N2O3Si. The van der Waals surface area contributed by atoms with Crippen molar-refractivity contribution in [2.75, 3.05) is 26.3 Å². The number of hydrogen-bond donors (Lipinski definition) is 2. The van der Waals surface area contributed by atoms with Crippen LogP contribution in [0, 0.1) is 5.92 Å². The lowest BCUT2D eigenvalue weighted by atomic mass is 9.81. The molecule has 0 saturated carbocycles. The Kier molecular flexibility index (Phi) is 6.51. The highest BCUT2D eigenvalue weighted by Crippen LogP contribution is 2.32. The van der Waals surface area contributed by atoms with Crippen LogP contribution in [0.4, 0.5) is 0 Å². The van der Waals surface area contributed by atoms with E-state index in [1.54, 1.807) is 0 Å². The molecule has 0 spiro atoms. The summed E-state index contributed by atoms with van der Waals surface area (Å²) in [5.41, 5.74) is 1.12. The van der Waals surface area contributed by atoms with Gasteiger partial charge in [-0.05, 0) is 49.5 Å². The molecular weight excluding hydrogens is 356 g/mol. The Balaban J connectivity index is 1.62. The number of rotatable bonds is 6. The molecule has 1 saturated heterocycles. The molecule has 2 N–H and O–H groups in total. The Morgan fingerprint density at radius 1 is 1.15 bits per heavy atom. The fourth-order valence-corrected chi connectivity index (χ4v) is 4.81. The van der Waals surface area contributed by atoms with E-state index in [0.717, 1.165) is 37.6 Å². The number of piperidine rings is 1. The van der Waals surface area contributed by atoms with E-state index in [4.69, 9.17) is 13.9 Å². The minimum atomic E-state index is -0.582. The predicted molar refractivity (Wildman–Crippen MR) is 112 cm³/mol. The van der Waals surface area contributed by atoms with Gasteiger partial charge in [-0.15, -0.1) is 0 Å². The molecule has 0 amide bonds. The van der Waals surface area contributed by atoms with E-state index in [9.17, 15) is 0 Å². The van der Waals surface area contributed by atoms with Crippen LogP contribution in [-0.2, 0) is 11.0 Å². The SMILES string of the molecule is CC(C)(C)[SiH2]OC(C)(C)C1CNCCC1NCc1ccc2c(c1)OCCO2. The summed E-state index contributed by atoms with van der Waals surface area (Å²) in [7, 11) is -0.582. The zero-order chi connectivity index (χ0) is 19.5. The number of benzene rings is 1. The fourth-order valence-electron chi connectivity index (χ4n) is 3.79. The van der Waals surface area contributed by atoms with Crippen LogP contribution in [0.5, 0.6) is 11.5 Å². The van der Waals surface area contributed by atoms with E-state index in [-0.39, 0.29) is 5.60 Å². The minimum absolute atomic E-state index is 0.114. The maximum Gasteiger partial charge on any atom is 0.167 e. The first kappa shape index (κ1) is 20.6. The average Bonchev–Trinajstić information content (AvgIpc) is 2.64. The van der Waals surface area contributed by atoms with Crippen molar-refractivity contribution >= 4 is 9.76 Å². The standard InChI is InChI=1S/C21H36N2O3Si/c1-20(2,3)27-26-21(4,5)16-14-22-9-8-17(16)23-13-15-6-7-18-19(12-15)25-11-10-24-18/h6-7,12,16-17,22-23H,8-11,13-14,27H2,1-5H3. The Morgan fingerprint density at radius 3 is 2.63 bits per heavy atom. The predicted octanol–water partition coefficient (Wildman–Crippen LogP) is 2.62. The third-order valence-corrected chi connectivity index (χ3v) is 7.18. The molecule has 0 bridgehead atoms. The first-order chi connectivity index (χ1) is 12.7. The largest absolute Gasteiger partial charge is 0.486 e. The van der Waals surface area contributed by atoms with Crippen molar-refractivity contribution in [1.82, 2.24) is 10.6 Å². The zero-order valence-electron chi connectivity index (χ0n) is 17.6. The lowest BCUT2D eigenvalue weighted by Crippen LogP contribution is -2.56. The Labute approximate surface area is 166 Å². The van der Waals surface area contributed by atoms with Crippen molar-refractivity contribution in [3.05, 3.63) is 23.8 Å². The van der Waals surface area contributed by atoms with E-state index in [1.165, 1.54) is 5.56 Å². The maximum absolute atomic E-state index is 6.51. The quantitative estimate of drug-likeness (QED) is 0.729. The summed E-state index contributed by atoms with van der Waals surface area (Å²) >= 11 is 0. The second-order valence-corrected chi connectivity index (χ2v) is 12.2. The molecule has 1 fully saturated rings. The molecule has 0 aromatic heterocycles. The molecule has 3 rings (SSSR count). The second kappa shape index (κ2) is 8.51. The molecule has 2 atom stereocenters. The molecule has 6 heteroatoms. The van der Waals surface area contributed by atoms with Gasteiger partial charge >= 0.3 is 0 Å². The minimum Gasteiger partial charge on any atom is -0.486 e. The zero-order valence-corrected chi connectivity index (χ0v) is 19.0. The molecule has 5 nitrogen and oxygen atoms in total. The van der Waals surface area contributed by atoms with E-state index >= 15 is 0 Å². The molecule has 2 aliphatic rings. The molecule has 1 aromatic rings. The first-order valence-corrected chi connectivity index (χ1v) is 11.5. The van der Waals surface area contributed by atoms with Crippen molar-refractivity contribution in [2.24, 2.45) is 5.92 Å². The molecule has 152 valence electrons. The molecule has 27 heavy (non-hydrogen) atoms. The van der Waals surface area contributed by atoms with Crippen molar-refractivity contribution < 1.29 is 13.9 Å². The van der Waals surface area contributed by atoms with Gasteiger partial charge in [-0.1, -0.05) is 26.8 Å². The molecule has 1 aromatic carbocycles. The summed E-state index contributed by atoms with van der Waals surface area (Å²) in [6, 6.07) is 6.70.